The van der Waals surface area contributed by atoms with Crippen LogP contribution in [0.5, 0.6) is 0 Å². The molecule has 118 valence electrons. The predicted molar refractivity (Wildman–Crippen MR) is 76.2 cm³/mol. The van der Waals surface area contributed by atoms with Crippen molar-refractivity contribution in [1.29, 1.82) is 0 Å². The van der Waals surface area contributed by atoms with Crippen molar-refractivity contribution in [3.8, 4) is 0 Å². The van der Waals surface area contributed by atoms with E-state index in [-0.39, 0.29) is 12.1 Å². The maximum atomic E-state index is 12.2. The van der Waals surface area contributed by atoms with E-state index in [4.69, 9.17) is 9.47 Å². The number of esters is 2. The number of hydrogen-bond acceptors (Lipinski definition) is 6. The van der Waals surface area contributed by atoms with Crippen LogP contribution >= 0.6 is 0 Å². The summed E-state index contributed by atoms with van der Waals surface area (Å²) in [6.07, 6.45) is 1.35. The van der Waals surface area contributed by atoms with Gasteiger partial charge in [-0.3, -0.25) is 4.79 Å². The zero-order valence-corrected chi connectivity index (χ0v) is 12.3. The summed E-state index contributed by atoms with van der Waals surface area (Å²) in [4.78, 5) is 24.3. The van der Waals surface area contributed by atoms with E-state index in [2.05, 4.69) is 0 Å². The SMILES string of the molecule is COC(=O)C1C(OC(=O)c2ccccc2)CC2CC[C@H]1N2O. The minimum Gasteiger partial charge on any atom is -0.469 e. The molecule has 6 heteroatoms. The summed E-state index contributed by atoms with van der Waals surface area (Å²) in [6.45, 7) is 0. The standard InChI is InChI=1S/C16H19NO5/c1-21-16(19)14-12-8-7-11(17(12)20)9-13(14)22-15(18)10-5-3-2-4-6-10/h2-6,11-14,20H,7-9H2,1H3/t11?,12-,13?,14?/m1/s1. The van der Waals surface area contributed by atoms with Gasteiger partial charge >= 0.3 is 11.9 Å². The van der Waals surface area contributed by atoms with Crippen LogP contribution in [-0.2, 0) is 14.3 Å². The summed E-state index contributed by atoms with van der Waals surface area (Å²) in [5.41, 5.74) is 0.449. The maximum absolute atomic E-state index is 12.2. The molecule has 6 nitrogen and oxygen atoms in total. The van der Waals surface area contributed by atoms with Crippen molar-refractivity contribution in [3.05, 3.63) is 35.9 Å². The Morgan fingerprint density at radius 3 is 2.64 bits per heavy atom. The monoisotopic (exact) mass is 305 g/mol. The fraction of sp³-hybridized carbons (Fsp3) is 0.500. The third-order valence-corrected chi connectivity index (χ3v) is 4.57. The maximum Gasteiger partial charge on any atom is 0.338 e. The molecule has 2 fully saturated rings. The molecular formula is C16H19NO5. The van der Waals surface area contributed by atoms with Crippen LogP contribution in [0.4, 0.5) is 0 Å². The van der Waals surface area contributed by atoms with Gasteiger partial charge in [0, 0.05) is 12.5 Å². The Hall–Kier alpha value is -1.92. The minimum atomic E-state index is -0.651. The molecule has 0 saturated carbocycles. The first-order chi connectivity index (χ1) is 10.6. The van der Waals surface area contributed by atoms with Crippen LogP contribution in [0.3, 0.4) is 0 Å². The summed E-state index contributed by atoms with van der Waals surface area (Å²) >= 11 is 0. The molecule has 3 unspecified atom stereocenters. The topological polar surface area (TPSA) is 76.1 Å². The Balaban J connectivity index is 1.79. The van der Waals surface area contributed by atoms with Crippen molar-refractivity contribution in [2.24, 2.45) is 5.92 Å². The van der Waals surface area contributed by atoms with Crippen LogP contribution in [0.15, 0.2) is 30.3 Å². The quantitative estimate of drug-likeness (QED) is 0.855. The van der Waals surface area contributed by atoms with Crippen molar-refractivity contribution < 1.29 is 24.3 Å². The fourth-order valence-corrected chi connectivity index (χ4v) is 3.48. The zero-order valence-electron chi connectivity index (χ0n) is 12.3. The molecule has 0 spiro atoms. The van der Waals surface area contributed by atoms with Crippen molar-refractivity contribution in [3.63, 3.8) is 0 Å². The van der Waals surface area contributed by atoms with Crippen LogP contribution in [-0.4, -0.2) is 47.5 Å². The van der Waals surface area contributed by atoms with E-state index in [1.807, 2.05) is 6.07 Å². The van der Waals surface area contributed by atoms with E-state index in [1.54, 1.807) is 24.3 Å². The first-order valence-electron chi connectivity index (χ1n) is 7.43. The molecule has 0 aromatic heterocycles. The van der Waals surface area contributed by atoms with Gasteiger partial charge in [0.25, 0.3) is 0 Å². The van der Waals surface area contributed by atoms with E-state index in [0.717, 1.165) is 6.42 Å². The minimum absolute atomic E-state index is 0.0699. The fourth-order valence-electron chi connectivity index (χ4n) is 3.48. The van der Waals surface area contributed by atoms with Gasteiger partial charge in [-0.1, -0.05) is 18.2 Å². The summed E-state index contributed by atoms with van der Waals surface area (Å²) in [5, 5.41) is 11.3. The molecule has 2 saturated heterocycles. The predicted octanol–water partition coefficient (Wildman–Crippen LogP) is 1.63. The second-order valence-electron chi connectivity index (χ2n) is 5.77. The molecule has 0 aliphatic carbocycles. The number of hydrogen-bond donors (Lipinski definition) is 1. The zero-order chi connectivity index (χ0) is 15.7. The van der Waals surface area contributed by atoms with Gasteiger partial charge in [0.1, 0.15) is 12.0 Å². The number of benzene rings is 1. The number of nitrogens with zero attached hydrogens (tertiary/aromatic N) is 1. The Labute approximate surface area is 128 Å². The van der Waals surface area contributed by atoms with Crippen LogP contribution in [0.25, 0.3) is 0 Å². The molecule has 1 aromatic rings. The van der Waals surface area contributed by atoms with Crippen LogP contribution < -0.4 is 0 Å². The summed E-state index contributed by atoms with van der Waals surface area (Å²) in [5.74, 6) is -1.55. The third-order valence-electron chi connectivity index (χ3n) is 4.57. The molecule has 3 rings (SSSR count). The van der Waals surface area contributed by atoms with Crippen molar-refractivity contribution in [1.82, 2.24) is 5.06 Å². The number of piperidine rings is 1. The molecule has 2 bridgehead atoms. The van der Waals surface area contributed by atoms with Gasteiger partial charge in [0.2, 0.25) is 0 Å². The second-order valence-corrected chi connectivity index (χ2v) is 5.77. The Morgan fingerprint density at radius 1 is 1.23 bits per heavy atom. The van der Waals surface area contributed by atoms with E-state index < -0.39 is 24.0 Å². The van der Waals surface area contributed by atoms with Crippen LogP contribution in [0.1, 0.15) is 29.6 Å². The number of carbonyl (C=O) groups is 2. The largest absolute Gasteiger partial charge is 0.469 e. The van der Waals surface area contributed by atoms with Gasteiger partial charge in [0.15, 0.2) is 0 Å². The highest BCUT2D eigenvalue weighted by atomic mass is 16.6. The molecule has 4 atom stereocenters. The van der Waals surface area contributed by atoms with Gasteiger partial charge < -0.3 is 14.7 Å². The molecule has 2 aliphatic rings. The van der Waals surface area contributed by atoms with Gasteiger partial charge in [-0.15, -0.1) is 0 Å². The second kappa shape index (κ2) is 6.06. The van der Waals surface area contributed by atoms with Gasteiger partial charge in [-0.25, -0.2) is 4.79 Å². The molecule has 2 aliphatic heterocycles. The highest BCUT2D eigenvalue weighted by Gasteiger charge is 2.52. The van der Waals surface area contributed by atoms with E-state index in [1.165, 1.54) is 12.2 Å². The van der Waals surface area contributed by atoms with Gasteiger partial charge in [-0.2, -0.15) is 5.06 Å². The highest BCUT2D eigenvalue weighted by Crippen LogP contribution is 2.40. The lowest BCUT2D eigenvalue weighted by Gasteiger charge is -2.39. The van der Waals surface area contributed by atoms with Crippen molar-refractivity contribution >= 4 is 11.9 Å². The number of hydroxylamine groups is 2. The molecule has 1 N–H and O–H groups in total. The Kier molecular flexibility index (Phi) is 4.13. The number of fused-ring (bicyclic) bond motifs is 2. The third kappa shape index (κ3) is 2.60. The Morgan fingerprint density at radius 2 is 1.95 bits per heavy atom. The molecule has 2 heterocycles. The summed E-state index contributed by atoms with van der Waals surface area (Å²) in [6, 6.07) is 8.26. The average Bonchev–Trinajstić information content (AvgIpc) is 2.78. The first-order valence-corrected chi connectivity index (χ1v) is 7.43. The van der Waals surface area contributed by atoms with E-state index in [9.17, 15) is 14.8 Å². The van der Waals surface area contributed by atoms with Crippen molar-refractivity contribution in [2.45, 2.75) is 37.5 Å². The highest BCUT2D eigenvalue weighted by molar-refractivity contribution is 5.89. The number of methoxy groups -OCH3 is 1. The molecular weight excluding hydrogens is 286 g/mol. The normalized spacial score (nSPS) is 30.8. The first kappa shape index (κ1) is 15.0. The lowest BCUT2D eigenvalue weighted by Crippen LogP contribution is -2.53. The van der Waals surface area contributed by atoms with E-state index >= 15 is 0 Å². The van der Waals surface area contributed by atoms with Crippen molar-refractivity contribution in [2.75, 3.05) is 7.11 Å². The van der Waals surface area contributed by atoms with Gasteiger partial charge in [0.05, 0.1) is 18.7 Å². The molecule has 0 radical (unpaired) electrons. The molecule has 22 heavy (non-hydrogen) atoms. The summed E-state index contributed by atoms with van der Waals surface area (Å²) < 4.78 is 10.4. The lowest BCUT2D eigenvalue weighted by molar-refractivity contribution is -0.200. The molecule has 0 amide bonds. The number of ether oxygens (including phenoxy) is 2. The number of rotatable bonds is 3. The van der Waals surface area contributed by atoms with Crippen LogP contribution in [0, 0.1) is 5.92 Å². The van der Waals surface area contributed by atoms with E-state index in [0.29, 0.717) is 18.4 Å². The number of carbonyl (C=O) groups excluding carboxylic acids is 2. The van der Waals surface area contributed by atoms with Crippen LogP contribution in [0.2, 0.25) is 0 Å². The average molecular weight is 305 g/mol. The summed E-state index contributed by atoms with van der Waals surface area (Å²) in [7, 11) is 1.31. The Bertz CT molecular complexity index is 561. The molecule has 1 aromatic carbocycles. The smallest absolute Gasteiger partial charge is 0.338 e. The lowest BCUT2D eigenvalue weighted by atomic mass is 9.88. The van der Waals surface area contributed by atoms with Gasteiger partial charge in [-0.05, 0) is 25.0 Å².